The standard InChI is InChI=1S/C53H35N3.C48H32N2.C40H26N2/c1-3-15-46-37(11-1)13-9-17-48(46)43-31-44(49-18-10-14-38-12-2-4-16-47(38)49)33-45(32-43)53-35-42(36-21-23-39(24-22-36)50-19-5-7-29-54-50)34-52(56-53)41-27-25-40(26-28-41)51-20-6-8-30-55-51;1-4-14-33(15-5-1)37-24-25-46(49-32-37)41-27-38(26-40(28-41)45-29-36-20-10-11-21-42(36)43-22-12-13-23-44(43)45)39-30-47(34-16-6-2-7-17-34)50-48(31-39)35-18-8-3-9-19-35;1-2-8-27(9-3-1)33-21-22-36-37(26-38(42-39(36)25-33)34-20-15-28-10-4-5-11-32(28)24-34)30-18-16-29(17-19-30)35-14-6-12-31-13-7-23-41-40(31)35/h1-35H;1-32H;1-26H. The van der Waals surface area contributed by atoms with E-state index in [4.69, 9.17) is 19.9 Å². The van der Waals surface area contributed by atoms with Crippen LogP contribution in [0, 0.1) is 0 Å². The molecule has 0 aliphatic rings. The Balaban J connectivity index is 0.000000116. The second-order valence-corrected chi connectivity index (χ2v) is 37.4. The van der Waals surface area contributed by atoms with Gasteiger partial charge in [0.2, 0.25) is 0 Å². The Bertz CT molecular complexity index is 9320. The van der Waals surface area contributed by atoms with E-state index < -0.39 is 0 Å². The molecule has 692 valence electrons. The molecular formula is C141H93N7. The van der Waals surface area contributed by atoms with Gasteiger partial charge in [-0.2, -0.15) is 0 Å². The Hall–Kier alpha value is -19.7. The van der Waals surface area contributed by atoms with Crippen molar-refractivity contribution >= 4 is 75.7 Å². The lowest BCUT2D eigenvalue weighted by Gasteiger charge is -2.16. The van der Waals surface area contributed by atoms with Gasteiger partial charge in [-0.1, -0.05) is 419 Å². The van der Waals surface area contributed by atoms with Gasteiger partial charge >= 0.3 is 0 Å². The van der Waals surface area contributed by atoms with Gasteiger partial charge < -0.3 is 0 Å². The molecule has 20 aromatic carbocycles. The van der Waals surface area contributed by atoms with Crippen molar-refractivity contribution in [3.63, 3.8) is 0 Å². The first-order chi connectivity index (χ1) is 73.3. The highest BCUT2D eigenvalue weighted by molar-refractivity contribution is 6.15. The van der Waals surface area contributed by atoms with Crippen LogP contribution in [0.3, 0.4) is 0 Å². The molecule has 7 nitrogen and oxygen atoms in total. The number of hydrogen-bond donors (Lipinski definition) is 0. The smallest absolute Gasteiger partial charge is 0.0780 e. The second kappa shape index (κ2) is 40.3. The second-order valence-electron chi connectivity index (χ2n) is 37.4. The Kier molecular flexibility index (Phi) is 24.4. The van der Waals surface area contributed by atoms with E-state index in [9.17, 15) is 0 Å². The fourth-order valence-electron chi connectivity index (χ4n) is 20.7. The first-order valence-electron chi connectivity index (χ1n) is 50.1. The average molecular weight is 1890 g/mol. The van der Waals surface area contributed by atoms with Gasteiger partial charge in [-0.25, -0.2) is 15.0 Å². The fourth-order valence-corrected chi connectivity index (χ4v) is 20.7. The Morgan fingerprint density at radius 3 is 1.05 bits per heavy atom. The predicted molar refractivity (Wildman–Crippen MR) is 619 cm³/mol. The summed E-state index contributed by atoms with van der Waals surface area (Å²) in [4.78, 5) is 34.7. The zero-order valence-corrected chi connectivity index (χ0v) is 80.8. The quantitative estimate of drug-likeness (QED) is 0.0839. The zero-order chi connectivity index (χ0) is 98.4. The summed E-state index contributed by atoms with van der Waals surface area (Å²) < 4.78 is 0. The SMILES string of the molecule is c1ccc(-c2ccc(-c3cc(-c4cc(-c5ccccc5)nc(-c5ccccc5)c4)cc(-c4cc5ccccc5c5ccccc45)c3)nc2)cc1.c1ccc(-c2ccc(-c3cc(-c4ccc(-c5ccccn5)cc4)nc(-c4cc(-c5cccc6ccccc56)cc(-c5cccc6ccccc56)c4)c3)cc2)nc1.c1ccc(-c2ccc3c(-c4ccc(-c5cccc6cccnc56)cc4)cc(-c4ccc5ccccc5c4)nc3c2)cc1. The maximum Gasteiger partial charge on any atom is 0.0780 e. The van der Waals surface area contributed by atoms with Gasteiger partial charge in [0, 0.05) is 91.2 Å². The van der Waals surface area contributed by atoms with Crippen LogP contribution in [0.5, 0.6) is 0 Å². The Labute approximate surface area is 859 Å². The van der Waals surface area contributed by atoms with E-state index in [-0.39, 0.29) is 0 Å². The summed E-state index contributed by atoms with van der Waals surface area (Å²) in [7, 11) is 0. The van der Waals surface area contributed by atoms with Crippen LogP contribution in [0.25, 0.3) is 266 Å². The van der Waals surface area contributed by atoms with Crippen LogP contribution in [0.15, 0.2) is 565 Å². The van der Waals surface area contributed by atoms with E-state index >= 15 is 0 Å². The molecule has 0 saturated carbocycles. The molecule has 0 N–H and O–H groups in total. The van der Waals surface area contributed by atoms with Crippen molar-refractivity contribution in [2.45, 2.75) is 0 Å². The highest BCUT2D eigenvalue weighted by Crippen LogP contribution is 2.46. The molecule has 7 heterocycles. The molecule has 27 rings (SSSR count). The van der Waals surface area contributed by atoms with Crippen molar-refractivity contribution in [1.29, 1.82) is 0 Å². The number of pyridine rings is 7. The van der Waals surface area contributed by atoms with Crippen molar-refractivity contribution in [1.82, 2.24) is 34.9 Å². The van der Waals surface area contributed by atoms with Crippen LogP contribution in [0.2, 0.25) is 0 Å². The molecule has 7 heteroatoms. The van der Waals surface area contributed by atoms with Gasteiger partial charge in [0.15, 0.2) is 0 Å². The lowest BCUT2D eigenvalue weighted by molar-refractivity contribution is 1.31. The van der Waals surface area contributed by atoms with Gasteiger partial charge in [-0.05, 0) is 264 Å². The molecular weight excluding hydrogens is 1790 g/mol. The van der Waals surface area contributed by atoms with Gasteiger partial charge in [0.25, 0.3) is 0 Å². The highest BCUT2D eigenvalue weighted by Gasteiger charge is 2.22. The monoisotopic (exact) mass is 1880 g/mol. The van der Waals surface area contributed by atoms with Crippen molar-refractivity contribution in [2.75, 3.05) is 0 Å². The van der Waals surface area contributed by atoms with E-state index in [2.05, 4.69) is 494 Å². The molecule has 148 heavy (non-hydrogen) atoms. The van der Waals surface area contributed by atoms with Crippen LogP contribution >= 0.6 is 0 Å². The van der Waals surface area contributed by atoms with Crippen molar-refractivity contribution in [3.05, 3.63) is 565 Å². The van der Waals surface area contributed by atoms with E-state index in [1.165, 1.54) is 81.7 Å². The minimum atomic E-state index is 0.904. The first-order valence-corrected chi connectivity index (χ1v) is 50.1. The first kappa shape index (κ1) is 89.6. The maximum absolute atomic E-state index is 5.44. The van der Waals surface area contributed by atoms with E-state index in [0.29, 0.717) is 0 Å². The van der Waals surface area contributed by atoms with E-state index in [0.717, 1.165) is 184 Å². The molecule has 7 aromatic heterocycles. The van der Waals surface area contributed by atoms with Gasteiger partial charge in [-0.15, -0.1) is 0 Å². The Morgan fingerprint density at radius 1 is 0.115 bits per heavy atom. The summed E-state index contributed by atoms with van der Waals surface area (Å²) in [5, 5.41) is 14.6. The molecule has 0 aliphatic heterocycles. The zero-order valence-electron chi connectivity index (χ0n) is 80.8. The molecule has 0 radical (unpaired) electrons. The minimum Gasteiger partial charge on any atom is -0.256 e. The van der Waals surface area contributed by atoms with Crippen molar-refractivity contribution in [3.8, 4) is 190 Å². The number of aromatic nitrogens is 7. The summed E-state index contributed by atoms with van der Waals surface area (Å²) in [6, 6.07) is 192. The highest BCUT2D eigenvalue weighted by atomic mass is 14.7. The molecule has 0 unspecified atom stereocenters. The number of rotatable bonds is 17. The van der Waals surface area contributed by atoms with Crippen LogP contribution in [0.4, 0.5) is 0 Å². The third-order valence-corrected chi connectivity index (χ3v) is 28.2. The number of benzene rings is 20. The molecule has 0 fully saturated rings. The van der Waals surface area contributed by atoms with Gasteiger partial charge in [0.1, 0.15) is 0 Å². The van der Waals surface area contributed by atoms with E-state index in [1.807, 2.05) is 85.5 Å². The number of nitrogens with zero attached hydrogens (tertiary/aromatic N) is 7. The lowest BCUT2D eigenvalue weighted by Crippen LogP contribution is -1.94. The van der Waals surface area contributed by atoms with Crippen LogP contribution in [0.1, 0.15) is 0 Å². The summed E-state index contributed by atoms with van der Waals surface area (Å²) in [5.74, 6) is 0. The molecule has 0 aliphatic carbocycles. The topological polar surface area (TPSA) is 90.2 Å². The summed E-state index contributed by atoms with van der Waals surface area (Å²) in [6.45, 7) is 0. The van der Waals surface area contributed by atoms with Crippen LogP contribution < -0.4 is 0 Å². The minimum absolute atomic E-state index is 0.904. The molecule has 0 amide bonds. The average Bonchev–Trinajstić information content (AvgIpc) is 0.756. The molecule has 0 atom stereocenters. The Morgan fingerprint density at radius 2 is 0.473 bits per heavy atom. The van der Waals surface area contributed by atoms with Gasteiger partial charge in [-0.3, -0.25) is 19.9 Å². The third-order valence-electron chi connectivity index (χ3n) is 28.2. The van der Waals surface area contributed by atoms with Crippen LogP contribution in [-0.4, -0.2) is 34.9 Å². The third kappa shape index (κ3) is 18.6. The number of para-hydroxylation sites is 1. The predicted octanol–water partition coefficient (Wildman–Crippen LogP) is 37.2. The lowest BCUT2D eigenvalue weighted by atomic mass is 9.89. The fraction of sp³-hybridized carbons (Fsp3) is 0. The largest absolute Gasteiger partial charge is 0.256 e. The molecule has 0 saturated heterocycles. The van der Waals surface area contributed by atoms with Crippen molar-refractivity contribution in [2.24, 2.45) is 0 Å². The molecule has 0 bridgehead atoms. The summed E-state index contributed by atoms with van der Waals surface area (Å²) in [6.07, 6.45) is 7.51. The summed E-state index contributed by atoms with van der Waals surface area (Å²) >= 11 is 0. The van der Waals surface area contributed by atoms with Crippen LogP contribution in [-0.2, 0) is 0 Å². The number of hydrogen-bond acceptors (Lipinski definition) is 7. The van der Waals surface area contributed by atoms with Crippen molar-refractivity contribution < 1.29 is 0 Å². The molecule has 0 spiro atoms. The summed E-state index contributed by atoms with van der Waals surface area (Å²) in [5.41, 5.74) is 38.8. The maximum atomic E-state index is 5.44. The van der Waals surface area contributed by atoms with Gasteiger partial charge in [0.05, 0.1) is 56.6 Å². The molecule has 27 aromatic rings. The number of fused-ring (bicyclic) bond motifs is 8. The van der Waals surface area contributed by atoms with E-state index in [1.54, 1.807) is 0 Å². The normalized spacial score (nSPS) is 11.2.